The number of hydrogen-bond acceptors (Lipinski definition) is 4. The number of nitrogens with zero attached hydrogens (tertiary/aromatic N) is 3. The molecule has 1 aromatic heterocycles. The minimum Gasteiger partial charge on any atom is -0.506 e. The first-order valence-corrected chi connectivity index (χ1v) is 9.19. The zero-order valence-corrected chi connectivity index (χ0v) is 16.6. The van der Waals surface area contributed by atoms with E-state index in [2.05, 4.69) is 47.5 Å². The fourth-order valence-corrected chi connectivity index (χ4v) is 3.50. The molecule has 2 aromatic carbocycles. The van der Waals surface area contributed by atoms with Crippen LogP contribution in [-0.2, 0) is 6.54 Å². The lowest BCUT2D eigenvalue weighted by molar-refractivity contribution is 0.0955. The highest BCUT2D eigenvalue weighted by Gasteiger charge is 2.07. The van der Waals surface area contributed by atoms with Gasteiger partial charge in [0, 0.05) is 18.0 Å². The predicted octanol–water partition coefficient (Wildman–Crippen LogP) is 3.93. The van der Waals surface area contributed by atoms with Crippen molar-refractivity contribution in [2.45, 2.75) is 6.54 Å². The second kappa shape index (κ2) is 8.29. The van der Waals surface area contributed by atoms with E-state index in [-0.39, 0.29) is 11.7 Å². The molecule has 0 saturated carbocycles. The quantitative estimate of drug-likeness (QED) is 0.431. The summed E-state index contributed by atoms with van der Waals surface area (Å²) in [5.74, 6) is -0.194. The third-order valence-electron chi connectivity index (χ3n) is 3.51. The number of aromatic nitrogens is 2. The standard InChI is InChI=1S/C18H14Br2N4O2/c19-15-8-13(9-16(20)17(15)25)10-21-23-18(26)14-4-1-3-12(7-14)11-24-6-2-5-22-24/h1-10,25H,11H2,(H,23,26)/b21-10+. The van der Waals surface area contributed by atoms with Crippen molar-refractivity contribution >= 4 is 44.0 Å². The third kappa shape index (κ3) is 4.59. The SMILES string of the molecule is O=C(N/N=C/c1cc(Br)c(O)c(Br)c1)c1cccc(Cn2cccn2)c1. The van der Waals surface area contributed by atoms with E-state index in [0.717, 1.165) is 5.56 Å². The van der Waals surface area contributed by atoms with Crippen LogP contribution in [0, 0.1) is 0 Å². The van der Waals surface area contributed by atoms with Gasteiger partial charge >= 0.3 is 0 Å². The maximum absolute atomic E-state index is 12.3. The van der Waals surface area contributed by atoms with Crippen LogP contribution < -0.4 is 5.43 Å². The molecule has 0 aliphatic heterocycles. The van der Waals surface area contributed by atoms with Gasteiger partial charge in [-0.3, -0.25) is 9.48 Å². The third-order valence-corrected chi connectivity index (χ3v) is 4.72. The van der Waals surface area contributed by atoms with Crippen molar-refractivity contribution in [1.29, 1.82) is 0 Å². The predicted molar refractivity (Wildman–Crippen MR) is 106 cm³/mol. The van der Waals surface area contributed by atoms with Crippen molar-refractivity contribution in [2.24, 2.45) is 5.10 Å². The highest BCUT2D eigenvalue weighted by atomic mass is 79.9. The lowest BCUT2D eigenvalue weighted by atomic mass is 10.1. The summed E-state index contributed by atoms with van der Waals surface area (Å²) in [5.41, 5.74) is 4.70. The Morgan fingerprint density at radius 1 is 1.23 bits per heavy atom. The zero-order valence-electron chi connectivity index (χ0n) is 13.4. The molecule has 0 radical (unpaired) electrons. The van der Waals surface area contributed by atoms with E-state index >= 15 is 0 Å². The molecule has 0 aliphatic carbocycles. The molecule has 0 atom stereocenters. The molecule has 0 bridgehead atoms. The Bertz CT molecular complexity index is 933. The fraction of sp³-hybridized carbons (Fsp3) is 0.0556. The Morgan fingerprint density at radius 2 is 2.00 bits per heavy atom. The maximum atomic E-state index is 12.3. The summed E-state index contributed by atoms with van der Waals surface area (Å²) >= 11 is 6.50. The van der Waals surface area contributed by atoms with Crippen LogP contribution in [0.4, 0.5) is 0 Å². The number of carbonyl (C=O) groups is 1. The molecule has 132 valence electrons. The summed E-state index contributed by atoms with van der Waals surface area (Å²) in [4.78, 5) is 12.3. The molecule has 1 amide bonds. The normalized spacial score (nSPS) is 11.0. The van der Waals surface area contributed by atoms with Gasteiger partial charge < -0.3 is 5.11 Å². The minimum absolute atomic E-state index is 0.111. The van der Waals surface area contributed by atoms with Gasteiger partial charge in [0.1, 0.15) is 5.75 Å². The Labute approximate surface area is 166 Å². The van der Waals surface area contributed by atoms with E-state index in [1.165, 1.54) is 6.21 Å². The van der Waals surface area contributed by atoms with Crippen LogP contribution in [0.3, 0.4) is 0 Å². The first-order valence-electron chi connectivity index (χ1n) is 7.61. The van der Waals surface area contributed by atoms with Gasteiger partial charge in [0.05, 0.1) is 21.7 Å². The summed E-state index contributed by atoms with van der Waals surface area (Å²) < 4.78 is 2.85. The second-order valence-corrected chi connectivity index (χ2v) is 7.14. The molecular weight excluding hydrogens is 464 g/mol. The van der Waals surface area contributed by atoms with Gasteiger partial charge in [0.15, 0.2) is 0 Å². The number of phenolic OH excluding ortho intramolecular Hbond substituents is 1. The average Bonchev–Trinajstić information content (AvgIpc) is 3.12. The molecule has 6 nitrogen and oxygen atoms in total. The van der Waals surface area contributed by atoms with Gasteiger partial charge in [0.25, 0.3) is 5.91 Å². The molecule has 0 unspecified atom stereocenters. The van der Waals surface area contributed by atoms with Gasteiger partial charge in [-0.05, 0) is 73.3 Å². The summed E-state index contributed by atoms with van der Waals surface area (Å²) in [6, 6.07) is 12.5. The summed E-state index contributed by atoms with van der Waals surface area (Å²) in [6.07, 6.45) is 5.08. The van der Waals surface area contributed by atoms with Crippen molar-refractivity contribution in [3.05, 3.63) is 80.5 Å². The van der Waals surface area contributed by atoms with E-state index in [1.807, 2.05) is 24.4 Å². The van der Waals surface area contributed by atoms with Crippen LogP contribution in [0.15, 0.2) is 68.9 Å². The van der Waals surface area contributed by atoms with E-state index in [0.29, 0.717) is 26.6 Å². The van der Waals surface area contributed by atoms with Gasteiger partial charge in [0.2, 0.25) is 0 Å². The average molecular weight is 478 g/mol. The monoisotopic (exact) mass is 476 g/mol. The van der Waals surface area contributed by atoms with Crippen LogP contribution in [0.25, 0.3) is 0 Å². The van der Waals surface area contributed by atoms with Crippen molar-refractivity contribution in [3.63, 3.8) is 0 Å². The zero-order chi connectivity index (χ0) is 18.5. The topological polar surface area (TPSA) is 79.5 Å². The van der Waals surface area contributed by atoms with Crippen LogP contribution in [0.5, 0.6) is 5.75 Å². The van der Waals surface area contributed by atoms with E-state index in [9.17, 15) is 9.90 Å². The summed E-state index contributed by atoms with van der Waals surface area (Å²) in [6.45, 7) is 0.590. The number of carbonyl (C=O) groups excluding carboxylic acids is 1. The number of phenols is 1. The van der Waals surface area contributed by atoms with Gasteiger partial charge in [-0.1, -0.05) is 12.1 Å². The van der Waals surface area contributed by atoms with Crippen LogP contribution in [0.2, 0.25) is 0 Å². The van der Waals surface area contributed by atoms with Crippen LogP contribution in [-0.4, -0.2) is 27.0 Å². The number of nitrogens with one attached hydrogen (secondary N) is 1. The minimum atomic E-state index is -0.305. The molecule has 1 heterocycles. The summed E-state index contributed by atoms with van der Waals surface area (Å²) in [7, 11) is 0. The molecule has 0 aliphatic rings. The molecule has 0 saturated heterocycles. The molecule has 3 rings (SSSR count). The van der Waals surface area contributed by atoms with Crippen molar-refractivity contribution < 1.29 is 9.90 Å². The highest BCUT2D eigenvalue weighted by molar-refractivity contribution is 9.11. The fourth-order valence-electron chi connectivity index (χ4n) is 2.28. The number of halogens is 2. The van der Waals surface area contributed by atoms with Gasteiger partial charge in [-0.2, -0.15) is 10.2 Å². The van der Waals surface area contributed by atoms with Crippen LogP contribution in [0.1, 0.15) is 21.5 Å². The smallest absolute Gasteiger partial charge is 0.271 e. The van der Waals surface area contributed by atoms with Crippen LogP contribution >= 0.6 is 31.9 Å². The molecule has 8 heteroatoms. The first kappa shape index (κ1) is 18.3. The Balaban J connectivity index is 1.66. The van der Waals surface area contributed by atoms with E-state index in [4.69, 9.17) is 0 Å². The molecule has 2 N–H and O–H groups in total. The lowest BCUT2D eigenvalue weighted by Gasteiger charge is -2.05. The number of amides is 1. The number of hydrazone groups is 1. The van der Waals surface area contributed by atoms with Gasteiger partial charge in [-0.25, -0.2) is 5.43 Å². The Hall–Kier alpha value is -2.45. The number of rotatable bonds is 5. The van der Waals surface area contributed by atoms with E-state index < -0.39 is 0 Å². The molecular formula is C18H14Br2N4O2. The highest BCUT2D eigenvalue weighted by Crippen LogP contribution is 2.32. The van der Waals surface area contributed by atoms with E-state index in [1.54, 1.807) is 35.1 Å². The van der Waals surface area contributed by atoms with Crippen molar-refractivity contribution in [3.8, 4) is 5.75 Å². The summed E-state index contributed by atoms with van der Waals surface area (Å²) in [5, 5.41) is 17.8. The Kier molecular flexibility index (Phi) is 5.85. The molecule has 26 heavy (non-hydrogen) atoms. The molecule has 0 spiro atoms. The van der Waals surface area contributed by atoms with Crippen molar-refractivity contribution in [1.82, 2.24) is 15.2 Å². The largest absolute Gasteiger partial charge is 0.506 e. The maximum Gasteiger partial charge on any atom is 0.271 e. The van der Waals surface area contributed by atoms with Crippen molar-refractivity contribution in [2.75, 3.05) is 0 Å². The van der Waals surface area contributed by atoms with Gasteiger partial charge in [-0.15, -0.1) is 0 Å². The Morgan fingerprint density at radius 3 is 2.69 bits per heavy atom. The lowest BCUT2D eigenvalue weighted by Crippen LogP contribution is -2.18. The molecule has 0 fully saturated rings. The first-order chi connectivity index (χ1) is 12.5. The number of benzene rings is 2. The second-order valence-electron chi connectivity index (χ2n) is 5.44. The molecule has 3 aromatic rings. The number of aromatic hydroxyl groups is 1. The number of hydrogen-bond donors (Lipinski definition) is 2.